The summed E-state index contributed by atoms with van der Waals surface area (Å²) in [7, 11) is 0. The van der Waals surface area contributed by atoms with Gasteiger partial charge in [0.05, 0.1) is 0 Å². The molecule has 232 valence electrons. The number of anilines is 2. The van der Waals surface area contributed by atoms with Crippen LogP contribution in [0.4, 0.5) is 11.4 Å². The highest BCUT2D eigenvalue weighted by molar-refractivity contribution is 5.92. The average Bonchev–Trinajstić information content (AvgIpc) is 3.57. The van der Waals surface area contributed by atoms with Gasteiger partial charge in [0.25, 0.3) is 0 Å². The molecule has 48 heavy (non-hydrogen) atoms. The van der Waals surface area contributed by atoms with Crippen LogP contribution >= 0.6 is 0 Å². The minimum atomic E-state index is 0.502. The van der Waals surface area contributed by atoms with Gasteiger partial charge in [0, 0.05) is 22.6 Å². The quantitative estimate of drug-likeness (QED) is 0.178. The Balaban J connectivity index is 1.14. The summed E-state index contributed by atoms with van der Waals surface area (Å²) >= 11 is 0. The Morgan fingerprint density at radius 3 is 1.85 bits per heavy atom. The molecule has 1 atom stereocenters. The Bertz CT molecular complexity index is 2260. The van der Waals surface area contributed by atoms with Crippen LogP contribution < -0.4 is 4.90 Å². The summed E-state index contributed by atoms with van der Waals surface area (Å²) < 4.78 is 6.03. The predicted octanol–water partition coefficient (Wildman–Crippen LogP) is 12.4. The molecule has 1 aliphatic carbocycles. The van der Waals surface area contributed by atoms with Crippen LogP contribution in [0.25, 0.3) is 55.9 Å². The molecule has 3 nitrogen and oxygen atoms in total. The van der Waals surface area contributed by atoms with Gasteiger partial charge in [0.15, 0.2) is 5.58 Å². The van der Waals surface area contributed by atoms with Crippen LogP contribution in [-0.4, -0.2) is 4.98 Å². The third kappa shape index (κ3) is 5.76. The third-order valence-electron chi connectivity index (χ3n) is 9.09. The molecule has 6 aromatic carbocycles. The van der Waals surface area contributed by atoms with Crippen molar-refractivity contribution in [2.75, 3.05) is 4.90 Å². The number of hydrogen-bond donors (Lipinski definition) is 0. The van der Waals surface area contributed by atoms with Crippen LogP contribution in [0.2, 0.25) is 0 Å². The van der Waals surface area contributed by atoms with Crippen LogP contribution in [0.5, 0.6) is 0 Å². The molecule has 3 heteroatoms. The maximum atomic E-state index is 6.03. The Kier molecular flexibility index (Phi) is 7.79. The van der Waals surface area contributed by atoms with Crippen LogP contribution in [-0.2, 0) is 0 Å². The van der Waals surface area contributed by atoms with E-state index in [1.807, 2.05) is 24.3 Å². The van der Waals surface area contributed by atoms with Gasteiger partial charge in [-0.05, 0) is 113 Å². The Hall–Kier alpha value is -5.93. The Morgan fingerprint density at radius 2 is 1.21 bits per heavy atom. The zero-order chi connectivity index (χ0) is 32.5. The zero-order valence-electron chi connectivity index (χ0n) is 27.2. The molecule has 1 aromatic heterocycles. The van der Waals surface area contributed by atoms with Crippen molar-refractivity contribution in [1.82, 2.24) is 4.98 Å². The molecule has 7 aromatic rings. The smallest absolute Gasteiger partial charge is 0.227 e. The maximum absolute atomic E-state index is 6.03. The summed E-state index contributed by atoms with van der Waals surface area (Å²) in [5.41, 5.74) is 14.5. The standard InChI is InChI=1S/C45H36N2O/c1-31-11-9-13-37(29-31)47(38-14-10-12-32(2)30-38)36-27-25-34(26-28-36)40-16-4-6-18-42(40)41-17-5-3-15-39(41)33-21-23-35(24-22-33)45-46-43-19-7-8-20-44(43)48-45/h3-11,13-30,32H,12H2,1-2H3. The number of oxazole rings is 1. The molecule has 0 aliphatic heterocycles. The normalized spacial score (nSPS) is 14.2. The largest absolute Gasteiger partial charge is 0.436 e. The van der Waals surface area contributed by atoms with E-state index in [2.05, 4.69) is 163 Å². The molecule has 0 amide bonds. The van der Waals surface area contributed by atoms with E-state index in [1.54, 1.807) is 0 Å². The van der Waals surface area contributed by atoms with E-state index in [-0.39, 0.29) is 0 Å². The molecular formula is C45H36N2O. The minimum absolute atomic E-state index is 0.502. The van der Waals surface area contributed by atoms with Gasteiger partial charge in [0.1, 0.15) is 5.52 Å². The summed E-state index contributed by atoms with van der Waals surface area (Å²) in [4.78, 5) is 7.06. The van der Waals surface area contributed by atoms with Gasteiger partial charge in [-0.3, -0.25) is 0 Å². The number of rotatable bonds is 7. The SMILES string of the molecule is Cc1cccc(N(C2=CC(C)CC=C2)c2ccc(-c3ccccc3-c3ccccc3-c3ccc(-c4nc5ccccc5o4)cc3)cc2)c1. The molecule has 0 spiro atoms. The zero-order valence-corrected chi connectivity index (χ0v) is 27.2. The lowest BCUT2D eigenvalue weighted by Gasteiger charge is -2.29. The summed E-state index contributed by atoms with van der Waals surface area (Å²) in [5, 5.41) is 0. The number of allylic oxidation sites excluding steroid dienone is 3. The van der Waals surface area contributed by atoms with E-state index < -0.39 is 0 Å². The molecule has 0 radical (unpaired) electrons. The summed E-state index contributed by atoms with van der Waals surface area (Å²) in [5.74, 6) is 1.14. The average molecular weight is 621 g/mol. The monoisotopic (exact) mass is 620 g/mol. The predicted molar refractivity (Wildman–Crippen MR) is 200 cm³/mol. The van der Waals surface area contributed by atoms with E-state index in [9.17, 15) is 0 Å². The lowest BCUT2D eigenvalue weighted by atomic mass is 9.89. The fourth-order valence-electron chi connectivity index (χ4n) is 6.70. The van der Waals surface area contributed by atoms with Crippen molar-refractivity contribution in [2.24, 2.45) is 5.92 Å². The number of aryl methyl sites for hydroxylation is 1. The van der Waals surface area contributed by atoms with Gasteiger partial charge in [-0.25, -0.2) is 4.98 Å². The minimum Gasteiger partial charge on any atom is -0.436 e. The maximum Gasteiger partial charge on any atom is 0.227 e. The molecule has 0 N–H and O–H groups in total. The number of fused-ring (bicyclic) bond motifs is 1. The van der Waals surface area contributed by atoms with Crippen LogP contribution in [0.15, 0.2) is 174 Å². The highest BCUT2D eigenvalue weighted by Gasteiger charge is 2.18. The van der Waals surface area contributed by atoms with Gasteiger partial charge in [0.2, 0.25) is 5.89 Å². The molecule has 1 unspecified atom stereocenters. The van der Waals surface area contributed by atoms with Crippen molar-refractivity contribution < 1.29 is 4.42 Å². The fraction of sp³-hybridized carbons (Fsp3) is 0.0889. The second-order valence-electron chi connectivity index (χ2n) is 12.6. The summed E-state index contributed by atoms with van der Waals surface area (Å²) in [6, 6.07) is 51.5. The topological polar surface area (TPSA) is 29.3 Å². The van der Waals surface area contributed by atoms with Crippen molar-refractivity contribution in [2.45, 2.75) is 20.3 Å². The summed E-state index contributed by atoms with van der Waals surface area (Å²) in [6.45, 7) is 4.43. The molecule has 1 heterocycles. The number of benzene rings is 6. The third-order valence-corrected chi connectivity index (χ3v) is 9.09. The second kappa shape index (κ2) is 12.7. The van der Waals surface area contributed by atoms with Gasteiger partial charge in [-0.1, -0.05) is 116 Å². The number of hydrogen-bond acceptors (Lipinski definition) is 3. The number of nitrogens with zero attached hydrogens (tertiary/aromatic N) is 2. The number of aromatic nitrogens is 1. The van der Waals surface area contributed by atoms with E-state index in [0.29, 0.717) is 11.8 Å². The van der Waals surface area contributed by atoms with Crippen molar-refractivity contribution in [1.29, 1.82) is 0 Å². The van der Waals surface area contributed by atoms with Gasteiger partial charge in [-0.2, -0.15) is 0 Å². The second-order valence-corrected chi connectivity index (χ2v) is 12.6. The van der Waals surface area contributed by atoms with Crippen molar-refractivity contribution >= 4 is 22.5 Å². The first kappa shape index (κ1) is 29.5. The van der Waals surface area contributed by atoms with E-state index >= 15 is 0 Å². The first-order valence-electron chi connectivity index (χ1n) is 16.6. The fourth-order valence-corrected chi connectivity index (χ4v) is 6.70. The lowest BCUT2D eigenvalue weighted by molar-refractivity contribution is 0.620. The molecule has 0 saturated carbocycles. The highest BCUT2D eigenvalue weighted by atomic mass is 16.3. The van der Waals surface area contributed by atoms with Crippen molar-refractivity contribution in [3.63, 3.8) is 0 Å². The molecule has 8 rings (SSSR count). The molecule has 1 aliphatic rings. The highest BCUT2D eigenvalue weighted by Crippen LogP contribution is 2.40. The van der Waals surface area contributed by atoms with Crippen LogP contribution in [0.1, 0.15) is 18.9 Å². The molecule has 0 bridgehead atoms. The number of para-hydroxylation sites is 2. The van der Waals surface area contributed by atoms with E-state index in [1.165, 1.54) is 44.8 Å². The first-order valence-corrected chi connectivity index (χ1v) is 16.6. The summed E-state index contributed by atoms with van der Waals surface area (Å²) in [6.07, 6.45) is 7.99. The van der Waals surface area contributed by atoms with Crippen LogP contribution in [0, 0.1) is 12.8 Å². The van der Waals surface area contributed by atoms with Crippen molar-refractivity contribution in [3.05, 3.63) is 175 Å². The van der Waals surface area contributed by atoms with Gasteiger partial charge < -0.3 is 9.32 Å². The van der Waals surface area contributed by atoms with Crippen LogP contribution in [0.3, 0.4) is 0 Å². The molecular weight excluding hydrogens is 585 g/mol. The van der Waals surface area contributed by atoms with Gasteiger partial charge >= 0.3 is 0 Å². The first-order chi connectivity index (χ1) is 23.6. The lowest BCUT2D eigenvalue weighted by Crippen LogP contribution is -2.17. The Labute approximate surface area is 282 Å². The van der Waals surface area contributed by atoms with Gasteiger partial charge in [-0.15, -0.1) is 0 Å². The van der Waals surface area contributed by atoms with E-state index in [4.69, 9.17) is 4.42 Å². The molecule has 0 fully saturated rings. The van der Waals surface area contributed by atoms with Crippen molar-refractivity contribution in [3.8, 4) is 44.8 Å². The van der Waals surface area contributed by atoms with E-state index in [0.717, 1.165) is 34.3 Å². The Morgan fingerprint density at radius 1 is 0.604 bits per heavy atom. The molecule has 0 saturated heterocycles.